The highest BCUT2D eigenvalue weighted by Gasteiger charge is 2.16. The summed E-state index contributed by atoms with van der Waals surface area (Å²) in [6.45, 7) is -0.115. The van der Waals surface area contributed by atoms with Gasteiger partial charge >= 0.3 is 5.69 Å². The molecule has 24 heavy (non-hydrogen) atoms. The summed E-state index contributed by atoms with van der Waals surface area (Å²) in [5, 5.41) is 2.71. The number of nitrogens with one attached hydrogen (secondary N) is 2. The summed E-state index contributed by atoms with van der Waals surface area (Å²) in [6.07, 6.45) is 1.03. The molecule has 0 aliphatic heterocycles. The maximum atomic E-state index is 12.1. The summed E-state index contributed by atoms with van der Waals surface area (Å²) in [5.74, 6) is -0.709. The van der Waals surface area contributed by atoms with E-state index in [9.17, 15) is 22.8 Å². The topological polar surface area (TPSA) is 118 Å². The smallest absolute Gasteiger partial charge is 0.328 e. The molecule has 8 nitrogen and oxygen atoms in total. The second kappa shape index (κ2) is 6.62. The van der Waals surface area contributed by atoms with Crippen LogP contribution < -0.4 is 16.6 Å². The molecule has 0 aliphatic carbocycles. The van der Waals surface area contributed by atoms with Crippen molar-refractivity contribution in [2.24, 2.45) is 7.05 Å². The second-order valence-electron chi connectivity index (χ2n) is 5.09. The van der Waals surface area contributed by atoms with Gasteiger partial charge < -0.3 is 10.3 Å². The van der Waals surface area contributed by atoms with E-state index in [4.69, 9.17) is 11.6 Å². The highest BCUT2D eigenvalue weighted by molar-refractivity contribution is 7.90. The van der Waals surface area contributed by atoms with Crippen LogP contribution in [0.1, 0.15) is 16.1 Å². The van der Waals surface area contributed by atoms with Gasteiger partial charge in [0.1, 0.15) is 5.69 Å². The summed E-state index contributed by atoms with van der Waals surface area (Å²) in [5.41, 5.74) is -1.23. The molecule has 2 aromatic rings. The third-order valence-electron chi connectivity index (χ3n) is 3.26. The van der Waals surface area contributed by atoms with Gasteiger partial charge in [-0.05, 0) is 17.7 Å². The van der Waals surface area contributed by atoms with E-state index in [1.54, 1.807) is 0 Å². The fourth-order valence-corrected chi connectivity index (χ4v) is 3.16. The average Bonchev–Trinajstić information content (AvgIpc) is 2.49. The third kappa shape index (κ3) is 3.92. The van der Waals surface area contributed by atoms with E-state index in [0.717, 1.165) is 16.9 Å². The van der Waals surface area contributed by atoms with Crippen LogP contribution in [0.15, 0.2) is 38.8 Å². The SMILES string of the molecule is Cn1c(=O)cc(C(=O)NCc2ccc(Cl)cc2S(C)(=O)=O)[nH]c1=O. The van der Waals surface area contributed by atoms with Gasteiger partial charge in [-0.25, -0.2) is 13.2 Å². The number of carbonyl (C=O) groups excluding carboxylic acids is 1. The number of nitrogens with zero attached hydrogens (tertiary/aromatic N) is 1. The van der Waals surface area contributed by atoms with Crippen LogP contribution in [-0.4, -0.2) is 30.1 Å². The number of aromatic nitrogens is 2. The summed E-state index contributed by atoms with van der Waals surface area (Å²) < 4.78 is 24.4. The van der Waals surface area contributed by atoms with Crippen LogP contribution in [0.3, 0.4) is 0 Å². The van der Waals surface area contributed by atoms with Gasteiger partial charge in [-0.3, -0.25) is 14.2 Å². The molecular weight excluding hydrogens is 358 g/mol. The number of halogens is 1. The van der Waals surface area contributed by atoms with Crippen LogP contribution in [-0.2, 0) is 23.4 Å². The number of H-pyrrole nitrogens is 1. The Morgan fingerprint density at radius 2 is 1.96 bits per heavy atom. The van der Waals surface area contributed by atoms with Crippen molar-refractivity contribution >= 4 is 27.3 Å². The first-order valence-electron chi connectivity index (χ1n) is 6.66. The zero-order valence-electron chi connectivity index (χ0n) is 12.8. The van der Waals surface area contributed by atoms with E-state index in [0.29, 0.717) is 5.56 Å². The van der Waals surface area contributed by atoms with Crippen molar-refractivity contribution in [2.45, 2.75) is 11.4 Å². The van der Waals surface area contributed by atoms with Gasteiger partial charge in [-0.2, -0.15) is 0 Å². The molecule has 1 aromatic carbocycles. The van der Waals surface area contributed by atoms with Crippen LogP contribution in [0.4, 0.5) is 0 Å². The molecule has 0 spiro atoms. The maximum Gasteiger partial charge on any atom is 0.328 e. The van der Waals surface area contributed by atoms with Crippen molar-refractivity contribution < 1.29 is 13.2 Å². The molecule has 0 fully saturated rings. The summed E-state index contributed by atoms with van der Waals surface area (Å²) >= 11 is 5.80. The predicted molar refractivity (Wildman–Crippen MR) is 88.0 cm³/mol. The Balaban J connectivity index is 2.28. The van der Waals surface area contributed by atoms with Crippen molar-refractivity contribution in [2.75, 3.05) is 6.26 Å². The molecule has 0 radical (unpaired) electrons. The lowest BCUT2D eigenvalue weighted by Crippen LogP contribution is -2.36. The molecule has 128 valence electrons. The van der Waals surface area contributed by atoms with E-state index < -0.39 is 27.0 Å². The standard InChI is InChI=1S/C14H14ClN3O5S/c1-18-12(19)6-10(17-14(18)21)13(20)16-7-8-3-4-9(15)5-11(8)24(2,22)23/h3-6H,7H2,1-2H3,(H,16,20)(H,17,21). The number of rotatable bonds is 4. The van der Waals surface area contributed by atoms with Crippen molar-refractivity contribution in [1.82, 2.24) is 14.9 Å². The minimum absolute atomic E-state index is 0.00670. The first-order chi connectivity index (χ1) is 11.1. The largest absolute Gasteiger partial charge is 0.347 e. The average molecular weight is 372 g/mol. The van der Waals surface area contributed by atoms with E-state index in [-0.39, 0.29) is 22.2 Å². The van der Waals surface area contributed by atoms with Crippen molar-refractivity contribution in [1.29, 1.82) is 0 Å². The maximum absolute atomic E-state index is 12.1. The van der Waals surface area contributed by atoms with Gasteiger partial charge in [0.2, 0.25) is 0 Å². The van der Waals surface area contributed by atoms with Crippen LogP contribution in [0.2, 0.25) is 5.02 Å². The molecule has 0 atom stereocenters. The lowest BCUT2D eigenvalue weighted by molar-refractivity contribution is 0.0944. The fraction of sp³-hybridized carbons (Fsp3) is 0.214. The first-order valence-corrected chi connectivity index (χ1v) is 8.93. The number of carbonyl (C=O) groups is 1. The summed E-state index contributed by atoms with van der Waals surface area (Å²) in [7, 11) is -2.26. The summed E-state index contributed by atoms with van der Waals surface area (Å²) in [6, 6.07) is 5.25. The highest BCUT2D eigenvalue weighted by atomic mass is 35.5. The molecule has 2 N–H and O–H groups in total. The number of amides is 1. The Kier molecular flexibility index (Phi) is 4.95. The Labute approximate surface area is 142 Å². The number of sulfone groups is 1. The van der Waals surface area contributed by atoms with Gasteiger partial charge in [0.05, 0.1) is 4.90 Å². The van der Waals surface area contributed by atoms with E-state index in [1.807, 2.05) is 0 Å². The molecule has 0 saturated carbocycles. The molecule has 10 heteroatoms. The van der Waals surface area contributed by atoms with Gasteiger partial charge in [0.15, 0.2) is 9.84 Å². The zero-order chi connectivity index (χ0) is 18.1. The second-order valence-corrected chi connectivity index (χ2v) is 7.51. The zero-order valence-corrected chi connectivity index (χ0v) is 14.4. The molecule has 0 saturated heterocycles. The summed E-state index contributed by atoms with van der Waals surface area (Å²) in [4.78, 5) is 37.3. The molecule has 1 amide bonds. The van der Waals surface area contributed by atoms with Gasteiger partial charge in [0.25, 0.3) is 11.5 Å². The Bertz CT molecular complexity index is 992. The van der Waals surface area contributed by atoms with Crippen molar-refractivity contribution in [3.63, 3.8) is 0 Å². The molecule has 1 heterocycles. The molecule has 0 bridgehead atoms. The van der Waals surface area contributed by atoms with Crippen molar-refractivity contribution in [3.05, 3.63) is 61.4 Å². The number of hydrogen-bond acceptors (Lipinski definition) is 5. The Hall–Kier alpha value is -2.39. The Morgan fingerprint density at radius 1 is 1.29 bits per heavy atom. The molecule has 0 aliphatic rings. The minimum Gasteiger partial charge on any atom is -0.347 e. The quantitative estimate of drug-likeness (QED) is 0.787. The van der Waals surface area contributed by atoms with E-state index in [2.05, 4.69) is 10.3 Å². The number of hydrogen-bond donors (Lipinski definition) is 2. The van der Waals surface area contributed by atoms with Crippen LogP contribution in [0, 0.1) is 0 Å². The van der Waals surface area contributed by atoms with Gasteiger partial charge in [-0.1, -0.05) is 17.7 Å². The molecular formula is C14H14ClN3O5S. The van der Waals surface area contributed by atoms with Gasteiger partial charge in [0, 0.05) is 30.9 Å². The molecule has 2 rings (SSSR count). The van der Waals surface area contributed by atoms with Crippen molar-refractivity contribution in [3.8, 4) is 0 Å². The number of aromatic amines is 1. The van der Waals surface area contributed by atoms with Crippen LogP contribution >= 0.6 is 11.6 Å². The lowest BCUT2D eigenvalue weighted by atomic mass is 10.2. The number of benzene rings is 1. The lowest BCUT2D eigenvalue weighted by Gasteiger charge is -2.10. The monoisotopic (exact) mass is 371 g/mol. The molecule has 1 aromatic heterocycles. The normalized spacial score (nSPS) is 11.3. The fourth-order valence-electron chi connectivity index (χ4n) is 1.97. The highest BCUT2D eigenvalue weighted by Crippen LogP contribution is 2.20. The van der Waals surface area contributed by atoms with Gasteiger partial charge in [-0.15, -0.1) is 0 Å². The Morgan fingerprint density at radius 3 is 2.54 bits per heavy atom. The third-order valence-corrected chi connectivity index (χ3v) is 4.67. The van der Waals surface area contributed by atoms with E-state index in [1.165, 1.54) is 25.2 Å². The molecule has 0 unspecified atom stereocenters. The predicted octanol–water partition coefficient (Wildman–Crippen LogP) is 0.0605. The van der Waals surface area contributed by atoms with E-state index >= 15 is 0 Å². The van der Waals surface area contributed by atoms with Crippen LogP contribution in [0.5, 0.6) is 0 Å². The minimum atomic E-state index is -3.53. The van der Waals surface area contributed by atoms with Crippen LogP contribution in [0.25, 0.3) is 0 Å². The first kappa shape index (κ1) is 18.0.